The number of ether oxygens (including phenoxy) is 2. The molecule has 0 spiro atoms. The van der Waals surface area contributed by atoms with Crippen molar-refractivity contribution in [2.45, 2.75) is 25.4 Å². The third-order valence-corrected chi connectivity index (χ3v) is 3.18. The minimum absolute atomic E-state index is 0.173. The van der Waals surface area contributed by atoms with E-state index in [1.807, 2.05) is 0 Å². The monoisotopic (exact) mass is 250 g/mol. The largest absolute Gasteiger partial charge is 0.480 e. The van der Waals surface area contributed by atoms with Crippen molar-refractivity contribution in [2.24, 2.45) is 5.92 Å². The van der Waals surface area contributed by atoms with Gasteiger partial charge in [-0.25, -0.2) is 4.98 Å². The molecule has 0 amide bonds. The molecule has 5 heteroatoms. The summed E-state index contributed by atoms with van der Waals surface area (Å²) in [7, 11) is 3.03. The van der Waals surface area contributed by atoms with Crippen molar-refractivity contribution in [3.63, 3.8) is 0 Å². The Morgan fingerprint density at radius 3 is 2.78 bits per heavy atom. The molecule has 1 aliphatic rings. The molecule has 0 saturated heterocycles. The van der Waals surface area contributed by atoms with E-state index in [1.54, 1.807) is 0 Å². The maximum Gasteiger partial charge on any atom is 0.241 e. The third kappa shape index (κ3) is 2.61. The highest BCUT2D eigenvalue weighted by Crippen LogP contribution is 2.34. The fourth-order valence-electron chi connectivity index (χ4n) is 2.14. The summed E-state index contributed by atoms with van der Waals surface area (Å²) >= 11 is 0. The second-order valence-electron chi connectivity index (χ2n) is 4.30. The molecule has 1 aromatic heterocycles. The molecule has 5 nitrogen and oxygen atoms in total. The van der Waals surface area contributed by atoms with Crippen molar-refractivity contribution >= 4 is 0 Å². The van der Waals surface area contributed by atoms with Crippen LogP contribution in [0.4, 0.5) is 0 Å². The standard InChI is InChI=1S/C13H18N2O3/c1-17-10-8-14-11(13(15-10)18-2)12(16)9-6-4-3-5-7-9/h3-4,8-9,12,16H,5-7H2,1-2H3. The second-order valence-corrected chi connectivity index (χ2v) is 4.30. The van der Waals surface area contributed by atoms with E-state index in [0.717, 1.165) is 19.3 Å². The first-order valence-corrected chi connectivity index (χ1v) is 6.04. The predicted octanol–water partition coefficient (Wildman–Crippen LogP) is 1.88. The first-order chi connectivity index (χ1) is 8.76. The second kappa shape index (κ2) is 5.82. The molecule has 0 aliphatic heterocycles. The summed E-state index contributed by atoms with van der Waals surface area (Å²) in [5.41, 5.74) is 0.485. The van der Waals surface area contributed by atoms with E-state index < -0.39 is 6.10 Å². The molecule has 2 atom stereocenters. The molecule has 0 fully saturated rings. The van der Waals surface area contributed by atoms with Crippen LogP contribution in [0.15, 0.2) is 18.3 Å². The molecule has 0 radical (unpaired) electrons. The summed E-state index contributed by atoms with van der Waals surface area (Å²) in [5.74, 6) is 0.884. The lowest BCUT2D eigenvalue weighted by Crippen LogP contribution is -2.16. The van der Waals surface area contributed by atoms with Gasteiger partial charge in [0.05, 0.1) is 20.4 Å². The Kier molecular flexibility index (Phi) is 4.15. The molecule has 0 aromatic carbocycles. The molecule has 1 aliphatic carbocycles. The Morgan fingerprint density at radius 1 is 1.33 bits per heavy atom. The molecule has 18 heavy (non-hydrogen) atoms. The van der Waals surface area contributed by atoms with Gasteiger partial charge in [-0.15, -0.1) is 0 Å². The van der Waals surface area contributed by atoms with E-state index in [-0.39, 0.29) is 5.92 Å². The topological polar surface area (TPSA) is 64.5 Å². The summed E-state index contributed by atoms with van der Waals surface area (Å²) in [6, 6.07) is 0. The average molecular weight is 250 g/mol. The lowest BCUT2D eigenvalue weighted by molar-refractivity contribution is 0.0943. The molecule has 98 valence electrons. The van der Waals surface area contributed by atoms with E-state index in [2.05, 4.69) is 22.1 Å². The number of hydrogen-bond donors (Lipinski definition) is 1. The van der Waals surface area contributed by atoms with Gasteiger partial charge in [0.1, 0.15) is 11.8 Å². The highest BCUT2D eigenvalue weighted by Gasteiger charge is 2.26. The minimum atomic E-state index is -0.650. The van der Waals surface area contributed by atoms with Gasteiger partial charge in [0.25, 0.3) is 0 Å². The van der Waals surface area contributed by atoms with Gasteiger partial charge in [-0.2, -0.15) is 4.98 Å². The summed E-state index contributed by atoms with van der Waals surface area (Å²) in [4.78, 5) is 8.35. The number of rotatable bonds is 4. The van der Waals surface area contributed by atoms with E-state index in [0.29, 0.717) is 17.5 Å². The SMILES string of the molecule is COc1cnc(C(O)C2CC=CCC2)c(OC)n1. The number of aliphatic hydroxyl groups excluding tert-OH is 1. The number of allylic oxidation sites excluding steroid dienone is 2. The minimum Gasteiger partial charge on any atom is -0.480 e. The first kappa shape index (κ1) is 12.8. The third-order valence-electron chi connectivity index (χ3n) is 3.18. The lowest BCUT2D eigenvalue weighted by Gasteiger charge is -2.24. The molecule has 1 N–H and O–H groups in total. The fraction of sp³-hybridized carbons (Fsp3) is 0.538. The van der Waals surface area contributed by atoms with Gasteiger partial charge in [0, 0.05) is 0 Å². The molecule has 0 saturated carbocycles. The lowest BCUT2D eigenvalue weighted by atomic mass is 9.88. The van der Waals surface area contributed by atoms with Gasteiger partial charge in [0.2, 0.25) is 11.8 Å². The van der Waals surface area contributed by atoms with Crippen molar-refractivity contribution in [1.82, 2.24) is 9.97 Å². The van der Waals surface area contributed by atoms with Crippen LogP contribution < -0.4 is 9.47 Å². The first-order valence-electron chi connectivity index (χ1n) is 6.04. The Morgan fingerprint density at radius 2 is 2.17 bits per heavy atom. The van der Waals surface area contributed by atoms with Crippen LogP contribution in [-0.2, 0) is 0 Å². The van der Waals surface area contributed by atoms with Crippen LogP contribution in [0.5, 0.6) is 11.8 Å². The summed E-state index contributed by atoms with van der Waals surface area (Å²) in [6.45, 7) is 0. The number of aliphatic hydroxyl groups is 1. The molecule has 1 aromatic rings. The normalized spacial score (nSPS) is 20.5. The smallest absolute Gasteiger partial charge is 0.241 e. The quantitative estimate of drug-likeness (QED) is 0.827. The van der Waals surface area contributed by atoms with E-state index in [9.17, 15) is 5.11 Å². The average Bonchev–Trinajstić information content (AvgIpc) is 2.46. The molecule has 2 rings (SSSR count). The van der Waals surface area contributed by atoms with E-state index in [1.165, 1.54) is 20.4 Å². The van der Waals surface area contributed by atoms with Crippen molar-refractivity contribution in [1.29, 1.82) is 0 Å². The zero-order valence-electron chi connectivity index (χ0n) is 10.7. The van der Waals surface area contributed by atoms with Gasteiger partial charge in [0.15, 0.2) is 0 Å². The van der Waals surface area contributed by atoms with E-state index >= 15 is 0 Å². The van der Waals surface area contributed by atoms with Crippen LogP contribution in [0, 0.1) is 5.92 Å². The number of hydrogen-bond acceptors (Lipinski definition) is 5. The molecular weight excluding hydrogens is 232 g/mol. The van der Waals surface area contributed by atoms with E-state index in [4.69, 9.17) is 9.47 Å². The van der Waals surface area contributed by atoms with Crippen LogP contribution >= 0.6 is 0 Å². The van der Waals surface area contributed by atoms with Gasteiger partial charge in [-0.3, -0.25) is 0 Å². The fourth-order valence-corrected chi connectivity index (χ4v) is 2.14. The molecule has 1 heterocycles. The number of nitrogens with zero attached hydrogens (tertiary/aromatic N) is 2. The Hall–Kier alpha value is -1.62. The van der Waals surface area contributed by atoms with Crippen LogP contribution in [0.2, 0.25) is 0 Å². The van der Waals surface area contributed by atoms with Crippen LogP contribution in [-0.4, -0.2) is 29.3 Å². The van der Waals surface area contributed by atoms with Gasteiger partial charge < -0.3 is 14.6 Å². The molecule has 2 unspecified atom stereocenters. The number of methoxy groups -OCH3 is 2. The van der Waals surface area contributed by atoms with Crippen molar-refractivity contribution in [2.75, 3.05) is 14.2 Å². The zero-order chi connectivity index (χ0) is 13.0. The Balaban J connectivity index is 2.23. The van der Waals surface area contributed by atoms with Crippen LogP contribution in [0.3, 0.4) is 0 Å². The Labute approximate surface area is 106 Å². The maximum atomic E-state index is 10.4. The van der Waals surface area contributed by atoms with Crippen molar-refractivity contribution in [3.05, 3.63) is 24.0 Å². The van der Waals surface area contributed by atoms with Crippen LogP contribution in [0.25, 0.3) is 0 Å². The summed E-state index contributed by atoms with van der Waals surface area (Å²) in [6.07, 6.45) is 7.89. The Bertz CT molecular complexity index is 434. The van der Waals surface area contributed by atoms with Gasteiger partial charge in [-0.1, -0.05) is 12.2 Å². The summed E-state index contributed by atoms with van der Waals surface area (Å²) in [5, 5.41) is 10.4. The highest BCUT2D eigenvalue weighted by molar-refractivity contribution is 5.25. The van der Waals surface area contributed by atoms with Crippen molar-refractivity contribution in [3.8, 4) is 11.8 Å². The predicted molar refractivity (Wildman–Crippen MR) is 66.6 cm³/mol. The van der Waals surface area contributed by atoms with Gasteiger partial charge >= 0.3 is 0 Å². The zero-order valence-corrected chi connectivity index (χ0v) is 10.7. The van der Waals surface area contributed by atoms with Gasteiger partial charge in [-0.05, 0) is 25.2 Å². The van der Waals surface area contributed by atoms with Crippen LogP contribution in [0.1, 0.15) is 31.1 Å². The highest BCUT2D eigenvalue weighted by atomic mass is 16.5. The number of aromatic nitrogens is 2. The summed E-state index contributed by atoms with van der Waals surface area (Å²) < 4.78 is 10.2. The maximum absolute atomic E-state index is 10.4. The molecular formula is C13H18N2O3. The van der Waals surface area contributed by atoms with Crippen molar-refractivity contribution < 1.29 is 14.6 Å². The molecule has 0 bridgehead atoms.